The summed E-state index contributed by atoms with van der Waals surface area (Å²) in [7, 11) is 0. The van der Waals surface area contributed by atoms with Crippen molar-refractivity contribution in [1.29, 1.82) is 0 Å². The van der Waals surface area contributed by atoms with Gasteiger partial charge in [0.1, 0.15) is 5.82 Å². The summed E-state index contributed by atoms with van der Waals surface area (Å²) < 4.78 is 5.45. The Balaban J connectivity index is 1.72. The van der Waals surface area contributed by atoms with E-state index in [0.717, 1.165) is 81.2 Å². The summed E-state index contributed by atoms with van der Waals surface area (Å²) in [5, 5.41) is 3.12. The Kier molecular flexibility index (Phi) is 5.86. The number of rotatable bonds is 6. The molecule has 1 saturated heterocycles. The third-order valence-corrected chi connectivity index (χ3v) is 5.15. The molecule has 0 radical (unpaired) electrons. The van der Waals surface area contributed by atoms with Crippen LogP contribution < -0.4 is 10.2 Å². The Hall–Kier alpha value is -1.62. The van der Waals surface area contributed by atoms with Gasteiger partial charge < -0.3 is 15.0 Å². The number of amides is 1. The molecule has 0 spiro atoms. The number of pyridine rings is 1. The van der Waals surface area contributed by atoms with Gasteiger partial charge >= 0.3 is 0 Å². The SMILES string of the molecule is Cc1cc(N2CCOCC2)nc(C2CC2)c1C(=O)NCCCC(C)(C)C. The molecule has 0 unspecified atom stereocenters. The smallest absolute Gasteiger partial charge is 0.253 e. The van der Waals surface area contributed by atoms with Crippen LogP contribution in [-0.2, 0) is 4.74 Å². The van der Waals surface area contributed by atoms with Gasteiger partial charge in [-0.1, -0.05) is 20.8 Å². The molecule has 1 aromatic rings. The van der Waals surface area contributed by atoms with Gasteiger partial charge in [-0.25, -0.2) is 4.98 Å². The summed E-state index contributed by atoms with van der Waals surface area (Å²) in [6.07, 6.45) is 4.40. The molecule has 5 heteroatoms. The number of hydrogen-bond acceptors (Lipinski definition) is 4. The van der Waals surface area contributed by atoms with Crippen molar-refractivity contribution >= 4 is 11.7 Å². The second kappa shape index (κ2) is 7.95. The van der Waals surface area contributed by atoms with Crippen molar-refractivity contribution in [2.75, 3.05) is 37.7 Å². The average molecular weight is 360 g/mol. The second-order valence-corrected chi connectivity index (χ2v) is 8.85. The molecule has 1 aliphatic heterocycles. The van der Waals surface area contributed by atoms with Crippen molar-refractivity contribution in [3.63, 3.8) is 0 Å². The van der Waals surface area contributed by atoms with Gasteiger partial charge in [-0.05, 0) is 49.7 Å². The molecular weight excluding hydrogens is 326 g/mol. The molecule has 26 heavy (non-hydrogen) atoms. The Morgan fingerprint density at radius 2 is 2.00 bits per heavy atom. The van der Waals surface area contributed by atoms with Crippen LogP contribution in [0.15, 0.2) is 6.07 Å². The van der Waals surface area contributed by atoms with Crippen molar-refractivity contribution in [2.45, 2.75) is 59.3 Å². The van der Waals surface area contributed by atoms with E-state index in [1.807, 2.05) is 6.92 Å². The zero-order valence-electron chi connectivity index (χ0n) is 16.7. The topological polar surface area (TPSA) is 54.5 Å². The second-order valence-electron chi connectivity index (χ2n) is 8.85. The minimum absolute atomic E-state index is 0.0411. The molecule has 1 aromatic heterocycles. The number of ether oxygens (including phenoxy) is 1. The molecule has 5 nitrogen and oxygen atoms in total. The molecule has 1 N–H and O–H groups in total. The number of nitrogens with one attached hydrogen (secondary N) is 1. The Labute approximate surface area is 157 Å². The summed E-state index contributed by atoms with van der Waals surface area (Å²) in [4.78, 5) is 20.0. The van der Waals surface area contributed by atoms with Gasteiger partial charge in [0.25, 0.3) is 5.91 Å². The molecule has 1 aliphatic carbocycles. The van der Waals surface area contributed by atoms with E-state index in [0.29, 0.717) is 11.3 Å². The monoisotopic (exact) mass is 359 g/mol. The first-order chi connectivity index (χ1) is 12.3. The van der Waals surface area contributed by atoms with E-state index in [1.54, 1.807) is 0 Å². The van der Waals surface area contributed by atoms with Crippen LogP contribution in [0.25, 0.3) is 0 Å². The van der Waals surface area contributed by atoms with Gasteiger partial charge in [0.15, 0.2) is 0 Å². The van der Waals surface area contributed by atoms with Gasteiger partial charge in [-0.2, -0.15) is 0 Å². The third kappa shape index (κ3) is 4.97. The highest BCUT2D eigenvalue weighted by molar-refractivity contribution is 5.97. The van der Waals surface area contributed by atoms with E-state index in [-0.39, 0.29) is 5.91 Å². The number of carbonyl (C=O) groups excluding carboxylic acids is 1. The van der Waals surface area contributed by atoms with Crippen LogP contribution in [0.1, 0.15) is 74.0 Å². The van der Waals surface area contributed by atoms with Crippen LogP contribution in [0.5, 0.6) is 0 Å². The first-order valence-corrected chi connectivity index (χ1v) is 9.97. The zero-order valence-corrected chi connectivity index (χ0v) is 16.7. The summed E-state index contributed by atoms with van der Waals surface area (Å²) in [6, 6.07) is 2.07. The fourth-order valence-electron chi connectivity index (χ4n) is 3.49. The van der Waals surface area contributed by atoms with E-state index in [4.69, 9.17) is 9.72 Å². The predicted molar refractivity (Wildman–Crippen MR) is 105 cm³/mol. The maximum absolute atomic E-state index is 12.8. The van der Waals surface area contributed by atoms with Crippen LogP contribution in [0.3, 0.4) is 0 Å². The van der Waals surface area contributed by atoms with E-state index >= 15 is 0 Å². The van der Waals surface area contributed by atoms with Crippen LogP contribution in [0, 0.1) is 12.3 Å². The Morgan fingerprint density at radius 1 is 1.31 bits per heavy atom. The molecule has 0 atom stereocenters. The average Bonchev–Trinajstić information content (AvgIpc) is 3.43. The van der Waals surface area contributed by atoms with Crippen LogP contribution in [-0.4, -0.2) is 43.7 Å². The minimum Gasteiger partial charge on any atom is -0.378 e. The van der Waals surface area contributed by atoms with Gasteiger partial charge in [-0.15, -0.1) is 0 Å². The first kappa shape index (κ1) is 19.2. The number of anilines is 1. The van der Waals surface area contributed by atoms with Gasteiger partial charge in [-0.3, -0.25) is 4.79 Å². The van der Waals surface area contributed by atoms with Crippen molar-refractivity contribution in [2.24, 2.45) is 5.41 Å². The fourth-order valence-corrected chi connectivity index (χ4v) is 3.49. The molecular formula is C21H33N3O2. The van der Waals surface area contributed by atoms with Crippen LogP contribution in [0.2, 0.25) is 0 Å². The maximum atomic E-state index is 12.8. The molecule has 144 valence electrons. The number of aryl methyl sites for hydroxylation is 1. The minimum atomic E-state index is 0.0411. The van der Waals surface area contributed by atoms with Crippen molar-refractivity contribution < 1.29 is 9.53 Å². The summed E-state index contributed by atoms with van der Waals surface area (Å²) in [6.45, 7) is 12.7. The molecule has 2 fully saturated rings. The van der Waals surface area contributed by atoms with Crippen molar-refractivity contribution in [3.05, 3.63) is 22.9 Å². The standard InChI is InChI=1S/C21H33N3O2/c1-15-14-17(24-10-12-26-13-11-24)23-19(16-6-7-16)18(15)20(25)22-9-5-8-21(2,3)4/h14,16H,5-13H2,1-4H3,(H,22,25). The lowest BCUT2D eigenvalue weighted by Gasteiger charge is -2.29. The summed E-state index contributed by atoms with van der Waals surface area (Å²) in [5.41, 5.74) is 3.15. The number of carbonyl (C=O) groups is 1. The lowest BCUT2D eigenvalue weighted by Crippen LogP contribution is -2.37. The molecule has 1 amide bonds. The lowest BCUT2D eigenvalue weighted by atomic mass is 9.90. The van der Waals surface area contributed by atoms with Crippen molar-refractivity contribution in [3.8, 4) is 0 Å². The molecule has 1 saturated carbocycles. The number of hydrogen-bond donors (Lipinski definition) is 1. The fraction of sp³-hybridized carbons (Fsp3) is 0.714. The van der Waals surface area contributed by atoms with Gasteiger partial charge in [0, 0.05) is 25.6 Å². The largest absolute Gasteiger partial charge is 0.378 e. The normalized spacial score (nSPS) is 18.1. The quantitative estimate of drug-likeness (QED) is 0.788. The predicted octanol–water partition coefficient (Wildman–Crippen LogP) is 3.66. The van der Waals surface area contributed by atoms with E-state index in [2.05, 4.69) is 37.1 Å². The van der Waals surface area contributed by atoms with Gasteiger partial charge in [0.05, 0.1) is 24.5 Å². The summed E-state index contributed by atoms with van der Waals surface area (Å²) >= 11 is 0. The number of nitrogens with zero attached hydrogens (tertiary/aromatic N) is 2. The molecule has 2 aliphatic rings. The summed E-state index contributed by atoms with van der Waals surface area (Å²) in [5.74, 6) is 1.49. The molecule has 3 rings (SSSR count). The van der Waals surface area contributed by atoms with Gasteiger partial charge in [0.2, 0.25) is 0 Å². The first-order valence-electron chi connectivity index (χ1n) is 9.97. The third-order valence-electron chi connectivity index (χ3n) is 5.15. The van der Waals surface area contributed by atoms with E-state index in [9.17, 15) is 4.79 Å². The molecule has 2 heterocycles. The molecule has 0 aromatic carbocycles. The highest BCUT2D eigenvalue weighted by Gasteiger charge is 2.32. The lowest BCUT2D eigenvalue weighted by molar-refractivity contribution is 0.0949. The van der Waals surface area contributed by atoms with E-state index in [1.165, 1.54) is 0 Å². The van der Waals surface area contributed by atoms with Crippen LogP contribution in [0.4, 0.5) is 5.82 Å². The van der Waals surface area contributed by atoms with Crippen LogP contribution >= 0.6 is 0 Å². The molecule has 0 bridgehead atoms. The highest BCUT2D eigenvalue weighted by atomic mass is 16.5. The van der Waals surface area contributed by atoms with E-state index < -0.39 is 0 Å². The zero-order chi connectivity index (χ0) is 18.7. The maximum Gasteiger partial charge on any atom is 0.253 e. The number of aromatic nitrogens is 1. The highest BCUT2D eigenvalue weighted by Crippen LogP contribution is 2.42. The Morgan fingerprint density at radius 3 is 2.62 bits per heavy atom. The number of morpholine rings is 1. The Bertz CT molecular complexity index is 641. The van der Waals surface area contributed by atoms with Crippen molar-refractivity contribution in [1.82, 2.24) is 10.3 Å².